The number of aromatic nitrogens is 1. The Hall–Kier alpha value is -2.03. The molecular formula is C14H17ClF3N3O3. The van der Waals surface area contributed by atoms with Crippen LogP contribution < -0.4 is 10.1 Å². The fraction of sp³-hybridized carbons (Fsp3) is 0.500. The first-order chi connectivity index (χ1) is 11.0. The highest BCUT2D eigenvalue weighted by atomic mass is 35.5. The van der Waals surface area contributed by atoms with Crippen molar-refractivity contribution < 1.29 is 27.5 Å². The summed E-state index contributed by atoms with van der Waals surface area (Å²) in [5.41, 5.74) is 0.0270. The van der Waals surface area contributed by atoms with Crippen LogP contribution in [0.1, 0.15) is 24.2 Å². The minimum absolute atomic E-state index is 0.0270. The lowest BCUT2D eigenvalue weighted by molar-refractivity contribution is -0.154. The van der Waals surface area contributed by atoms with Gasteiger partial charge in [0, 0.05) is 19.3 Å². The second kappa shape index (κ2) is 8.18. The Bertz CT molecular complexity index is 609. The van der Waals surface area contributed by atoms with Crippen LogP contribution in [0, 0.1) is 0 Å². The normalized spacial score (nSPS) is 11.3. The van der Waals surface area contributed by atoms with E-state index in [1.54, 1.807) is 13.8 Å². The molecule has 1 heterocycles. The number of carbonyl (C=O) groups excluding carboxylic acids is 2. The van der Waals surface area contributed by atoms with Crippen LogP contribution in [-0.2, 0) is 4.79 Å². The first kappa shape index (κ1) is 20.0. The summed E-state index contributed by atoms with van der Waals surface area (Å²) in [6.07, 6.45) is -3.49. The maximum atomic E-state index is 12.2. The van der Waals surface area contributed by atoms with Gasteiger partial charge < -0.3 is 15.0 Å². The third-order valence-corrected chi connectivity index (χ3v) is 2.87. The molecule has 0 aromatic carbocycles. The molecule has 1 N–H and O–H groups in total. The molecule has 0 fully saturated rings. The number of likely N-dealkylation sites (N-methyl/N-ethyl adjacent to an activating group) is 1. The van der Waals surface area contributed by atoms with Crippen LogP contribution in [0.5, 0.6) is 5.88 Å². The lowest BCUT2D eigenvalue weighted by Gasteiger charge is -2.18. The summed E-state index contributed by atoms with van der Waals surface area (Å²) in [5, 5.41) is 2.40. The number of ether oxygens (including phenoxy) is 1. The van der Waals surface area contributed by atoms with Gasteiger partial charge in [0.15, 0.2) is 6.61 Å². The van der Waals surface area contributed by atoms with E-state index in [9.17, 15) is 22.8 Å². The van der Waals surface area contributed by atoms with E-state index in [4.69, 9.17) is 11.6 Å². The van der Waals surface area contributed by atoms with Gasteiger partial charge in [-0.05, 0) is 19.9 Å². The van der Waals surface area contributed by atoms with Gasteiger partial charge in [-0.15, -0.1) is 0 Å². The Morgan fingerprint density at radius 1 is 1.42 bits per heavy atom. The summed E-state index contributed by atoms with van der Waals surface area (Å²) < 4.78 is 40.8. The van der Waals surface area contributed by atoms with Gasteiger partial charge in [-0.1, -0.05) is 11.6 Å². The van der Waals surface area contributed by atoms with E-state index in [0.29, 0.717) is 0 Å². The summed E-state index contributed by atoms with van der Waals surface area (Å²) in [7, 11) is 1.41. The van der Waals surface area contributed by atoms with Crippen LogP contribution in [0.4, 0.5) is 13.2 Å². The SMILES string of the molecule is CC(C)NC(=O)CN(C)C(=O)c1cnc(OCC(F)(F)F)c(Cl)c1. The number of hydrogen-bond acceptors (Lipinski definition) is 4. The van der Waals surface area contributed by atoms with Gasteiger partial charge in [0.25, 0.3) is 5.91 Å². The number of halogens is 4. The number of nitrogens with one attached hydrogen (secondary N) is 1. The molecule has 2 amide bonds. The van der Waals surface area contributed by atoms with E-state index < -0.39 is 24.6 Å². The van der Waals surface area contributed by atoms with Crippen molar-refractivity contribution in [2.45, 2.75) is 26.1 Å². The van der Waals surface area contributed by atoms with Crippen molar-refractivity contribution in [1.29, 1.82) is 0 Å². The van der Waals surface area contributed by atoms with Gasteiger partial charge in [0.05, 0.1) is 12.1 Å². The zero-order valence-electron chi connectivity index (χ0n) is 13.3. The highest BCUT2D eigenvalue weighted by Gasteiger charge is 2.29. The Balaban J connectivity index is 2.74. The molecule has 0 aliphatic heterocycles. The topological polar surface area (TPSA) is 71.5 Å². The Morgan fingerprint density at radius 3 is 2.54 bits per heavy atom. The summed E-state index contributed by atoms with van der Waals surface area (Å²) in [5.74, 6) is -1.32. The van der Waals surface area contributed by atoms with E-state index in [2.05, 4.69) is 15.0 Å². The fourth-order valence-electron chi connectivity index (χ4n) is 1.67. The lowest BCUT2D eigenvalue weighted by Crippen LogP contribution is -2.40. The van der Waals surface area contributed by atoms with Gasteiger partial charge >= 0.3 is 6.18 Å². The van der Waals surface area contributed by atoms with Crippen molar-refractivity contribution in [2.24, 2.45) is 0 Å². The maximum Gasteiger partial charge on any atom is 0.422 e. The van der Waals surface area contributed by atoms with E-state index >= 15 is 0 Å². The number of nitrogens with zero attached hydrogens (tertiary/aromatic N) is 2. The molecule has 0 radical (unpaired) electrons. The molecule has 1 aromatic heterocycles. The quantitative estimate of drug-likeness (QED) is 0.837. The van der Waals surface area contributed by atoms with E-state index in [0.717, 1.165) is 17.2 Å². The average molecular weight is 368 g/mol. The van der Waals surface area contributed by atoms with Crippen molar-refractivity contribution in [1.82, 2.24) is 15.2 Å². The zero-order valence-corrected chi connectivity index (χ0v) is 14.0. The second-order valence-electron chi connectivity index (χ2n) is 5.30. The smallest absolute Gasteiger partial charge is 0.422 e. The minimum atomic E-state index is -4.52. The molecule has 1 aromatic rings. The second-order valence-corrected chi connectivity index (χ2v) is 5.71. The molecule has 0 atom stereocenters. The fourth-order valence-corrected chi connectivity index (χ4v) is 1.89. The maximum absolute atomic E-state index is 12.2. The number of hydrogen-bond donors (Lipinski definition) is 1. The standard InChI is InChI=1S/C14H17ClF3N3O3/c1-8(2)20-11(22)6-21(3)13(23)9-4-10(15)12(19-5-9)24-7-14(16,17)18/h4-5,8H,6-7H2,1-3H3,(H,20,22). The Morgan fingerprint density at radius 2 is 2.04 bits per heavy atom. The minimum Gasteiger partial charge on any atom is -0.467 e. The molecule has 24 heavy (non-hydrogen) atoms. The molecule has 0 unspecified atom stereocenters. The van der Waals surface area contributed by atoms with Gasteiger partial charge in [-0.3, -0.25) is 9.59 Å². The molecule has 0 spiro atoms. The van der Waals surface area contributed by atoms with Crippen LogP contribution in [0.3, 0.4) is 0 Å². The molecule has 6 nitrogen and oxygen atoms in total. The Kier molecular flexibility index (Phi) is 6.82. The predicted molar refractivity (Wildman–Crippen MR) is 81.0 cm³/mol. The summed E-state index contributed by atoms with van der Waals surface area (Å²) in [6.45, 7) is 1.84. The molecular weight excluding hydrogens is 351 g/mol. The molecule has 1 rings (SSSR count). The third kappa shape index (κ3) is 6.61. The van der Waals surface area contributed by atoms with Crippen molar-refractivity contribution in [2.75, 3.05) is 20.2 Å². The van der Waals surface area contributed by atoms with Gasteiger partial charge in [-0.2, -0.15) is 13.2 Å². The van der Waals surface area contributed by atoms with Crippen LogP contribution >= 0.6 is 11.6 Å². The molecule has 0 aliphatic carbocycles. The third-order valence-electron chi connectivity index (χ3n) is 2.60. The van der Waals surface area contributed by atoms with Crippen molar-refractivity contribution in [3.63, 3.8) is 0 Å². The molecule has 0 bridgehead atoms. The summed E-state index contributed by atoms with van der Waals surface area (Å²) in [4.78, 5) is 28.5. The highest BCUT2D eigenvalue weighted by molar-refractivity contribution is 6.32. The van der Waals surface area contributed by atoms with Crippen LogP contribution in [0.2, 0.25) is 5.02 Å². The Labute approximate surface area is 141 Å². The van der Waals surface area contributed by atoms with Gasteiger partial charge in [0.1, 0.15) is 5.02 Å². The van der Waals surface area contributed by atoms with Crippen LogP contribution in [-0.4, -0.2) is 54.1 Å². The molecule has 0 saturated carbocycles. The highest BCUT2D eigenvalue weighted by Crippen LogP contribution is 2.25. The van der Waals surface area contributed by atoms with Gasteiger partial charge in [0.2, 0.25) is 11.8 Å². The molecule has 134 valence electrons. The van der Waals surface area contributed by atoms with E-state index in [1.165, 1.54) is 7.05 Å². The monoisotopic (exact) mass is 367 g/mol. The number of amides is 2. The van der Waals surface area contributed by atoms with Gasteiger partial charge in [-0.25, -0.2) is 4.98 Å². The number of rotatable bonds is 6. The van der Waals surface area contributed by atoms with E-state index in [-0.39, 0.29) is 29.1 Å². The van der Waals surface area contributed by atoms with Crippen molar-refractivity contribution >= 4 is 23.4 Å². The summed E-state index contributed by atoms with van der Waals surface area (Å²) in [6, 6.07) is 1.07. The largest absolute Gasteiger partial charge is 0.467 e. The summed E-state index contributed by atoms with van der Waals surface area (Å²) >= 11 is 5.78. The van der Waals surface area contributed by atoms with E-state index in [1.807, 2.05) is 0 Å². The average Bonchev–Trinajstić information content (AvgIpc) is 2.43. The van der Waals surface area contributed by atoms with Crippen LogP contribution in [0.15, 0.2) is 12.3 Å². The van der Waals surface area contributed by atoms with Crippen LogP contribution in [0.25, 0.3) is 0 Å². The van der Waals surface area contributed by atoms with Crippen molar-refractivity contribution in [3.05, 3.63) is 22.8 Å². The predicted octanol–water partition coefficient (Wildman–Crippen LogP) is 2.27. The zero-order chi connectivity index (χ0) is 18.5. The lowest BCUT2D eigenvalue weighted by atomic mass is 10.2. The first-order valence-corrected chi connectivity index (χ1v) is 7.27. The number of alkyl halides is 3. The molecule has 0 saturated heterocycles. The number of carbonyl (C=O) groups is 2. The first-order valence-electron chi connectivity index (χ1n) is 6.89. The van der Waals surface area contributed by atoms with Crippen molar-refractivity contribution in [3.8, 4) is 5.88 Å². The molecule has 10 heteroatoms. The molecule has 0 aliphatic rings. The number of pyridine rings is 1.